The van der Waals surface area contributed by atoms with Gasteiger partial charge in [0.05, 0.1) is 25.4 Å². The molecule has 448 valence electrons. The molecule has 2 unspecified atom stereocenters. The Balaban J connectivity index is 3.40. The molecule has 0 aromatic carbocycles. The summed E-state index contributed by atoms with van der Waals surface area (Å²) in [6.45, 7) is 4.96. The molecule has 1 amide bonds. The van der Waals surface area contributed by atoms with Crippen molar-refractivity contribution in [1.29, 1.82) is 0 Å². The van der Waals surface area contributed by atoms with Gasteiger partial charge in [0, 0.05) is 12.8 Å². The van der Waals surface area contributed by atoms with Gasteiger partial charge in [-0.15, -0.1) is 0 Å². The molecule has 0 aromatic heterocycles. The average molecular weight is 1070 g/mol. The van der Waals surface area contributed by atoms with Crippen molar-refractivity contribution in [1.82, 2.24) is 5.32 Å². The van der Waals surface area contributed by atoms with Crippen molar-refractivity contribution in [3.63, 3.8) is 0 Å². The van der Waals surface area contributed by atoms with Crippen molar-refractivity contribution in [3.8, 4) is 0 Å². The van der Waals surface area contributed by atoms with Gasteiger partial charge in [-0.05, 0) is 83.5 Å². The number of allylic oxidation sites excluding steroid dienone is 6. The van der Waals surface area contributed by atoms with Crippen molar-refractivity contribution in [2.24, 2.45) is 0 Å². The van der Waals surface area contributed by atoms with Crippen molar-refractivity contribution < 1.29 is 24.5 Å². The fraction of sp³-hybridized carbons (Fsp3) is 0.886. The molecule has 0 aliphatic heterocycles. The van der Waals surface area contributed by atoms with Crippen molar-refractivity contribution in [3.05, 3.63) is 36.5 Å². The van der Waals surface area contributed by atoms with Gasteiger partial charge in [0.2, 0.25) is 5.91 Å². The number of rotatable bonds is 64. The van der Waals surface area contributed by atoms with Crippen LogP contribution in [0.2, 0.25) is 0 Å². The first-order chi connectivity index (χ1) is 37.5. The molecule has 0 bridgehead atoms. The van der Waals surface area contributed by atoms with Crippen molar-refractivity contribution in [2.75, 3.05) is 13.2 Å². The van der Waals surface area contributed by atoms with Gasteiger partial charge in [0.1, 0.15) is 0 Å². The fourth-order valence-electron chi connectivity index (χ4n) is 10.7. The van der Waals surface area contributed by atoms with Gasteiger partial charge in [0.15, 0.2) is 0 Å². The summed E-state index contributed by atoms with van der Waals surface area (Å²) in [4.78, 5) is 24.6. The van der Waals surface area contributed by atoms with E-state index in [4.69, 9.17) is 4.74 Å². The summed E-state index contributed by atoms with van der Waals surface area (Å²) in [5.41, 5.74) is 0. The summed E-state index contributed by atoms with van der Waals surface area (Å²) >= 11 is 0. The number of esters is 1. The molecule has 0 fully saturated rings. The Morgan fingerprint density at radius 1 is 0.368 bits per heavy atom. The average Bonchev–Trinajstić information content (AvgIpc) is 3.42. The van der Waals surface area contributed by atoms with Crippen LogP contribution in [-0.4, -0.2) is 47.4 Å². The minimum absolute atomic E-state index is 0.00373. The number of aliphatic hydroxyl groups excluding tert-OH is 2. The lowest BCUT2D eigenvalue weighted by Crippen LogP contribution is -2.45. The molecular formula is C70H133NO5. The van der Waals surface area contributed by atoms with Crippen LogP contribution in [0, 0.1) is 0 Å². The zero-order valence-corrected chi connectivity index (χ0v) is 51.3. The third-order valence-corrected chi connectivity index (χ3v) is 15.9. The van der Waals surface area contributed by atoms with E-state index >= 15 is 0 Å². The molecular weight excluding hydrogens is 935 g/mol. The highest BCUT2D eigenvalue weighted by Crippen LogP contribution is 2.18. The maximum absolute atomic E-state index is 12.5. The number of amides is 1. The van der Waals surface area contributed by atoms with Crippen molar-refractivity contribution >= 4 is 11.9 Å². The second-order valence-electron chi connectivity index (χ2n) is 23.5. The van der Waals surface area contributed by atoms with Crippen LogP contribution in [0.5, 0.6) is 0 Å². The number of hydrogen-bond donors (Lipinski definition) is 3. The van der Waals surface area contributed by atoms with Gasteiger partial charge < -0.3 is 20.3 Å². The van der Waals surface area contributed by atoms with E-state index in [1.165, 1.54) is 289 Å². The van der Waals surface area contributed by atoms with E-state index in [0.29, 0.717) is 25.9 Å². The molecule has 0 radical (unpaired) electrons. The molecule has 0 saturated heterocycles. The van der Waals surface area contributed by atoms with E-state index in [9.17, 15) is 19.8 Å². The lowest BCUT2D eigenvalue weighted by Gasteiger charge is -2.22. The van der Waals surface area contributed by atoms with E-state index in [1.807, 2.05) is 0 Å². The smallest absolute Gasteiger partial charge is 0.305 e. The van der Waals surface area contributed by atoms with E-state index in [0.717, 1.165) is 51.4 Å². The van der Waals surface area contributed by atoms with Gasteiger partial charge in [0.25, 0.3) is 0 Å². The molecule has 0 aliphatic rings. The maximum atomic E-state index is 12.5. The predicted molar refractivity (Wildman–Crippen MR) is 333 cm³/mol. The summed E-state index contributed by atoms with van der Waals surface area (Å²) in [5, 5.41) is 23.3. The third kappa shape index (κ3) is 61.3. The van der Waals surface area contributed by atoms with Crippen LogP contribution in [-0.2, 0) is 14.3 Å². The third-order valence-electron chi connectivity index (χ3n) is 15.9. The number of hydrogen-bond acceptors (Lipinski definition) is 5. The quantitative estimate of drug-likeness (QED) is 0.0320. The number of nitrogens with one attached hydrogen (secondary N) is 1. The molecule has 0 aliphatic carbocycles. The molecule has 6 nitrogen and oxygen atoms in total. The Kier molecular flexibility index (Phi) is 63.9. The standard InChI is InChI=1S/C70H133NO5/c1-3-5-7-9-11-13-15-17-19-35-38-42-46-50-54-58-62-68(73)67(66-72)71-69(74)63-59-55-51-47-43-39-36-33-31-29-27-25-23-21-20-22-24-26-28-30-32-34-37-41-45-49-53-57-61-65-76-70(75)64-60-56-52-48-44-40-18-16-14-12-10-8-6-4-2/h16,18,20,22,26,28,67-68,72-73H,3-15,17,19,21,23-25,27,29-66H2,1-2H3,(H,71,74)/b18-16-,22-20-,28-26-. The first-order valence-electron chi connectivity index (χ1n) is 34.2. The second kappa shape index (κ2) is 65.6. The first-order valence-corrected chi connectivity index (χ1v) is 34.2. The molecule has 0 rings (SSSR count). The number of carbonyl (C=O) groups excluding carboxylic acids is 2. The second-order valence-corrected chi connectivity index (χ2v) is 23.5. The SMILES string of the molecule is CCCCCCC/C=C\CCCCCCCC(=O)OCCCCCCCCCCC/C=C\C/C=C\CCCCCCCCCCCCCCCC(=O)NC(CO)C(O)CCCCCCCCCCCCCCCCCC. The zero-order chi connectivity index (χ0) is 55.0. The van der Waals surface area contributed by atoms with Gasteiger partial charge >= 0.3 is 5.97 Å². The van der Waals surface area contributed by atoms with Gasteiger partial charge in [-0.2, -0.15) is 0 Å². The lowest BCUT2D eigenvalue weighted by atomic mass is 10.0. The molecule has 2 atom stereocenters. The van der Waals surface area contributed by atoms with Crippen LogP contribution in [0.15, 0.2) is 36.5 Å². The van der Waals surface area contributed by atoms with E-state index < -0.39 is 12.1 Å². The highest BCUT2D eigenvalue weighted by Gasteiger charge is 2.20. The molecule has 0 heterocycles. The molecule has 0 spiro atoms. The molecule has 3 N–H and O–H groups in total. The summed E-state index contributed by atoms with van der Waals surface area (Å²) in [6, 6.07) is -0.543. The minimum Gasteiger partial charge on any atom is -0.466 e. The van der Waals surface area contributed by atoms with Crippen LogP contribution >= 0.6 is 0 Å². The Morgan fingerprint density at radius 3 is 1.01 bits per heavy atom. The largest absolute Gasteiger partial charge is 0.466 e. The minimum atomic E-state index is -0.665. The first kappa shape index (κ1) is 74.1. The van der Waals surface area contributed by atoms with Crippen LogP contribution in [0.3, 0.4) is 0 Å². The number of ether oxygens (including phenoxy) is 1. The summed E-state index contributed by atoms with van der Waals surface area (Å²) in [6.07, 6.45) is 83.2. The van der Waals surface area contributed by atoms with Crippen molar-refractivity contribution in [2.45, 2.75) is 386 Å². The topological polar surface area (TPSA) is 95.9 Å². The highest BCUT2D eigenvalue weighted by molar-refractivity contribution is 5.76. The van der Waals surface area contributed by atoms with Crippen LogP contribution in [0.1, 0.15) is 373 Å². The highest BCUT2D eigenvalue weighted by atomic mass is 16.5. The maximum Gasteiger partial charge on any atom is 0.305 e. The normalized spacial score (nSPS) is 12.7. The monoisotopic (exact) mass is 1070 g/mol. The Bertz CT molecular complexity index is 1230. The predicted octanol–water partition coefficient (Wildman–Crippen LogP) is 21.9. The molecule has 0 aromatic rings. The Labute approximate surface area is 474 Å². The molecule has 76 heavy (non-hydrogen) atoms. The van der Waals surface area contributed by atoms with Gasteiger partial charge in [-0.3, -0.25) is 9.59 Å². The number of aliphatic hydroxyl groups is 2. The Hall–Kier alpha value is -1.92. The van der Waals surface area contributed by atoms with E-state index in [-0.39, 0.29) is 18.5 Å². The molecule has 6 heteroatoms. The van der Waals surface area contributed by atoms with Gasteiger partial charge in [-0.25, -0.2) is 0 Å². The zero-order valence-electron chi connectivity index (χ0n) is 51.3. The van der Waals surface area contributed by atoms with Gasteiger partial charge in [-0.1, -0.05) is 314 Å². The summed E-state index contributed by atoms with van der Waals surface area (Å²) in [5.74, 6) is -0.0298. The number of carbonyl (C=O) groups is 2. The van der Waals surface area contributed by atoms with Crippen LogP contribution in [0.4, 0.5) is 0 Å². The summed E-state index contributed by atoms with van der Waals surface area (Å²) < 4.78 is 5.48. The van der Waals surface area contributed by atoms with E-state index in [2.05, 4.69) is 55.6 Å². The van der Waals surface area contributed by atoms with Crippen LogP contribution < -0.4 is 5.32 Å². The van der Waals surface area contributed by atoms with Crippen LogP contribution in [0.25, 0.3) is 0 Å². The lowest BCUT2D eigenvalue weighted by molar-refractivity contribution is -0.143. The fourth-order valence-corrected chi connectivity index (χ4v) is 10.7. The molecule has 0 saturated carbocycles. The number of unbranched alkanes of at least 4 members (excludes halogenated alkanes) is 47. The van der Waals surface area contributed by atoms with E-state index in [1.54, 1.807) is 0 Å². The Morgan fingerprint density at radius 2 is 0.658 bits per heavy atom. The summed E-state index contributed by atoms with van der Waals surface area (Å²) in [7, 11) is 0.